The van der Waals surface area contributed by atoms with Crippen LogP contribution in [0.5, 0.6) is 5.75 Å². The maximum Gasteiger partial charge on any atom is 0.433 e. The zero-order valence-corrected chi connectivity index (χ0v) is 22.2. The molecule has 0 saturated carbocycles. The first-order valence-electron chi connectivity index (χ1n) is 12.1. The molecule has 4 heterocycles. The summed E-state index contributed by atoms with van der Waals surface area (Å²) < 4.78 is 54.5. The van der Waals surface area contributed by atoms with E-state index in [2.05, 4.69) is 25.8 Å². The fraction of sp³-hybridized carbons (Fsp3) is 0.192. The molecule has 4 aromatic heterocycles. The molecule has 0 saturated heterocycles. The molecule has 0 aliphatic rings. The molecule has 212 valence electrons. The van der Waals surface area contributed by atoms with Crippen LogP contribution in [0.25, 0.3) is 16.9 Å². The van der Waals surface area contributed by atoms with Gasteiger partial charge in [-0.05, 0) is 37.3 Å². The van der Waals surface area contributed by atoms with Crippen molar-refractivity contribution < 1.29 is 31.9 Å². The number of ether oxygens (including phenoxy) is 1. The highest BCUT2D eigenvalue weighted by atomic mass is 35.5. The van der Waals surface area contributed by atoms with Crippen LogP contribution in [0.3, 0.4) is 0 Å². The molecule has 2 N–H and O–H groups in total. The van der Waals surface area contributed by atoms with E-state index >= 15 is 0 Å². The Bertz CT molecular complexity index is 1750. The summed E-state index contributed by atoms with van der Waals surface area (Å²) in [6, 6.07) is 10.4. The quantitative estimate of drug-likeness (QED) is 0.259. The molecule has 0 unspecified atom stereocenters. The summed E-state index contributed by atoms with van der Waals surface area (Å²) >= 11 is 6.39. The predicted molar refractivity (Wildman–Crippen MR) is 141 cm³/mol. The summed E-state index contributed by atoms with van der Waals surface area (Å²) in [5.41, 5.74) is -1.96. The summed E-state index contributed by atoms with van der Waals surface area (Å²) in [7, 11) is 1.42. The third-order valence-electron chi connectivity index (χ3n) is 5.96. The Kier molecular flexibility index (Phi) is 7.41. The lowest BCUT2D eigenvalue weighted by Gasteiger charge is -2.11. The van der Waals surface area contributed by atoms with Gasteiger partial charge in [-0.15, -0.1) is 0 Å². The first-order chi connectivity index (χ1) is 19.6. The Morgan fingerprint density at radius 1 is 1.10 bits per heavy atom. The molecule has 0 aliphatic heterocycles. The van der Waals surface area contributed by atoms with Crippen LogP contribution in [-0.4, -0.2) is 43.3 Å². The second kappa shape index (κ2) is 11.0. The predicted octanol–water partition coefficient (Wildman–Crippen LogP) is 5.07. The number of nitrogens with zero attached hydrogens (tertiary/aromatic N) is 5. The van der Waals surface area contributed by atoms with Gasteiger partial charge in [-0.2, -0.15) is 23.4 Å². The largest absolute Gasteiger partial charge is 0.497 e. The Labute approximate surface area is 234 Å². The van der Waals surface area contributed by atoms with E-state index in [1.165, 1.54) is 30.3 Å². The Morgan fingerprint density at radius 3 is 2.59 bits per heavy atom. The van der Waals surface area contributed by atoms with Crippen molar-refractivity contribution in [3.05, 3.63) is 82.8 Å². The molecule has 0 atom stereocenters. The van der Waals surface area contributed by atoms with Crippen LogP contribution in [0.15, 0.2) is 59.3 Å². The van der Waals surface area contributed by atoms with Crippen molar-refractivity contribution in [3.8, 4) is 17.0 Å². The van der Waals surface area contributed by atoms with Crippen molar-refractivity contribution in [2.45, 2.75) is 26.2 Å². The first kappa shape index (κ1) is 27.7. The summed E-state index contributed by atoms with van der Waals surface area (Å²) in [6.45, 7) is 2.21. The number of anilines is 1. The normalized spacial score (nSPS) is 11.6. The lowest BCUT2D eigenvalue weighted by Crippen LogP contribution is -2.25. The number of hydrogen-bond donors (Lipinski definition) is 2. The number of methoxy groups -OCH3 is 1. The Hall–Kier alpha value is -4.85. The monoisotopic (exact) mass is 587 g/mol. The molecule has 11 nitrogen and oxygen atoms in total. The summed E-state index contributed by atoms with van der Waals surface area (Å²) in [5, 5.41) is 12.7. The standard InChI is InChI=1S/C26H21ClF3N7O4/c1-3-36-13-18(21(34-36)24(38)31-12-16-8-5-9-41-16)33-25(39)22-20(27)23-32-17(14-6-4-7-15(10-14)40-2)11-19(26(28,29)30)37(23)35-22/h4-11,13H,3,12H2,1-2H3,(H,31,38)(H,33,39). The zero-order valence-electron chi connectivity index (χ0n) is 21.5. The van der Waals surface area contributed by atoms with Gasteiger partial charge in [0.1, 0.15) is 16.5 Å². The molecule has 0 fully saturated rings. The maximum absolute atomic E-state index is 14.1. The SMILES string of the molecule is CCn1cc(NC(=O)c2nn3c(C(F)(F)F)cc(-c4cccc(OC)c4)nc3c2Cl)c(C(=O)NCc2ccco2)n1. The van der Waals surface area contributed by atoms with Gasteiger partial charge in [0.15, 0.2) is 22.7 Å². The van der Waals surface area contributed by atoms with Gasteiger partial charge in [0, 0.05) is 18.3 Å². The van der Waals surface area contributed by atoms with E-state index in [4.69, 9.17) is 20.8 Å². The number of aromatic nitrogens is 5. The first-order valence-corrected chi connectivity index (χ1v) is 12.5. The maximum atomic E-state index is 14.1. The minimum absolute atomic E-state index is 0.00277. The van der Waals surface area contributed by atoms with Gasteiger partial charge in [-0.25, -0.2) is 9.50 Å². The third kappa shape index (κ3) is 5.59. The lowest BCUT2D eigenvalue weighted by molar-refractivity contribution is -0.142. The van der Waals surface area contributed by atoms with E-state index in [0.29, 0.717) is 28.1 Å². The van der Waals surface area contributed by atoms with Crippen LogP contribution in [-0.2, 0) is 19.3 Å². The van der Waals surface area contributed by atoms with Crippen LogP contribution in [0.2, 0.25) is 5.02 Å². The number of hydrogen-bond acceptors (Lipinski definition) is 7. The lowest BCUT2D eigenvalue weighted by atomic mass is 10.1. The van der Waals surface area contributed by atoms with Gasteiger partial charge >= 0.3 is 6.18 Å². The van der Waals surface area contributed by atoms with Gasteiger partial charge in [-0.1, -0.05) is 23.7 Å². The molecule has 2 amide bonds. The van der Waals surface area contributed by atoms with Crippen molar-refractivity contribution in [1.29, 1.82) is 0 Å². The van der Waals surface area contributed by atoms with E-state index < -0.39 is 34.4 Å². The molecule has 0 bridgehead atoms. The Morgan fingerprint density at radius 2 is 1.90 bits per heavy atom. The smallest absolute Gasteiger partial charge is 0.433 e. The second-order valence-corrected chi connectivity index (χ2v) is 9.00. The number of carbonyl (C=O) groups excluding carboxylic acids is 2. The molecule has 41 heavy (non-hydrogen) atoms. The van der Waals surface area contributed by atoms with Crippen molar-refractivity contribution in [2.75, 3.05) is 12.4 Å². The number of carbonyl (C=O) groups is 2. The van der Waals surface area contributed by atoms with Gasteiger partial charge in [0.25, 0.3) is 11.8 Å². The molecule has 0 spiro atoms. The van der Waals surface area contributed by atoms with E-state index in [9.17, 15) is 22.8 Å². The number of halogens is 4. The summed E-state index contributed by atoms with van der Waals surface area (Å²) in [6.07, 6.45) is -2.00. The van der Waals surface area contributed by atoms with E-state index in [0.717, 1.165) is 6.07 Å². The number of fused-ring (bicyclic) bond motifs is 1. The van der Waals surface area contributed by atoms with E-state index in [1.807, 2.05) is 0 Å². The summed E-state index contributed by atoms with van der Waals surface area (Å²) in [4.78, 5) is 30.3. The van der Waals surface area contributed by atoms with Crippen molar-refractivity contribution in [1.82, 2.24) is 29.7 Å². The number of nitrogens with one attached hydrogen (secondary N) is 2. The molecule has 15 heteroatoms. The van der Waals surface area contributed by atoms with Crippen LogP contribution < -0.4 is 15.4 Å². The molecular formula is C26H21ClF3N7O4. The van der Waals surface area contributed by atoms with Gasteiger partial charge in [0.05, 0.1) is 31.3 Å². The highest BCUT2D eigenvalue weighted by molar-refractivity contribution is 6.37. The second-order valence-electron chi connectivity index (χ2n) is 8.62. The number of benzene rings is 1. The van der Waals surface area contributed by atoms with Crippen LogP contribution in [0.1, 0.15) is 39.4 Å². The van der Waals surface area contributed by atoms with Crippen molar-refractivity contribution >= 4 is 34.7 Å². The molecule has 0 aliphatic carbocycles. The van der Waals surface area contributed by atoms with Gasteiger partial charge in [0.2, 0.25) is 0 Å². The number of furan rings is 1. The Balaban J connectivity index is 1.51. The minimum Gasteiger partial charge on any atom is -0.497 e. The minimum atomic E-state index is -4.86. The third-order valence-corrected chi connectivity index (χ3v) is 6.30. The molecule has 0 radical (unpaired) electrons. The number of aryl methyl sites for hydroxylation is 1. The average molecular weight is 588 g/mol. The molecule has 5 rings (SSSR count). The average Bonchev–Trinajstić information content (AvgIpc) is 3.70. The fourth-order valence-electron chi connectivity index (χ4n) is 3.96. The van der Waals surface area contributed by atoms with Crippen molar-refractivity contribution in [2.24, 2.45) is 0 Å². The van der Waals surface area contributed by atoms with Crippen molar-refractivity contribution in [3.63, 3.8) is 0 Å². The molecule has 5 aromatic rings. The van der Waals surface area contributed by atoms with Gasteiger partial charge in [-0.3, -0.25) is 14.3 Å². The van der Waals surface area contributed by atoms with Crippen LogP contribution in [0.4, 0.5) is 18.9 Å². The van der Waals surface area contributed by atoms with E-state index in [-0.39, 0.29) is 29.3 Å². The molecule has 1 aromatic carbocycles. The fourth-order valence-corrected chi connectivity index (χ4v) is 4.20. The topological polar surface area (TPSA) is 129 Å². The highest BCUT2D eigenvalue weighted by Gasteiger charge is 2.37. The number of rotatable bonds is 8. The van der Waals surface area contributed by atoms with Crippen LogP contribution >= 0.6 is 11.6 Å². The number of alkyl halides is 3. The zero-order chi connectivity index (χ0) is 29.3. The number of amides is 2. The molecular weight excluding hydrogens is 567 g/mol. The summed E-state index contributed by atoms with van der Waals surface area (Å²) in [5.74, 6) is -0.674. The highest BCUT2D eigenvalue weighted by Crippen LogP contribution is 2.35. The van der Waals surface area contributed by atoms with Gasteiger partial charge < -0.3 is 19.8 Å². The van der Waals surface area contributed by atoms with E-state index in [1.54, 1.807) is 37.3 Å². The van der Waals surface area contributed by atoms with Crippen LogP contribution in [0, 0.1) is 0 Å².